The smallest absolute Gasteiger partial charge is 0.410 e. The van der Waals surface area contributed by atoms with Gasteiger partial charge >= 0.3 is 12.1 Å². The fraction of sp³-hybridized carbons (Fsp3) is 0.259. The van der Waals surface area contributed by atoms with E-state index in [9.17, 15) is 14.7 Å². The molecule has 1 atom stereocenters. The van der Waals surface area contributed by atoms with E-state index < -0.39 is 17.6 Å². The lowest BCUT2D eigenvalue weighted by molar-refractivity contribution is -0.150. The second-order valence-electron chi connectivity index (χ2n) is 8.55. The van der Waals surface area contributed by atoms with Gasteiger partial charge in [0.1, 0.15) is 12.4 Å². The Balaban J connectivity index is 1.42. The maximum Gasteiger partial charge on any atom is 0.410 e. The van der Waals surface area contributed by atoms with Gasteiger partial charge in [-0.05, 0) is 58.4 Å². The topological polar surface area (TPSA) is 76.1 Å². The van der Waals surface area contributed by atoms with Gasteiger partial charge in [-0.1, -0.05) is 54.6 Å². The highest BCUT2D eigenvalue weighted by Crippen LogP contribution is 2.46. The van der Waals surface area contributed by atoms with Gasteiger partial charge in [-0.2, -0.15) is 0 Å². The predicted octanol–water partition coefficient (Wildman–Crippen LogP) is 4.80. The van der Waals surface area contributed by atoms with E-state index in [0.717, 1.165) is 27.8 Å². The van der Waals surface area contributed by atoms with E-state index in [-0.39, 0.29) is 18.9 Å². The summed E-state index contributed by atoms with van der Waals surface area (Å²) in [5.74, 6) is -0.612. The zero-order valence-corrected chi connectivity index (χ0v) is 18.6. The Morgan fingerprint density at radius 2 is 1.67 bits per heavy atom. The molecule has 0 saturated carbocycles. The number of carboxylic acid groups (broad SMARTS) is 1. The number of rotatable bonds is 5. The minimum absolute atomic E-state index is 0.0912. The number of carbonyl (C=O) groups is 2. The SMILES string of the molecule is COc1ccc2c(c1)C(C(=O)O)(N(C)C(=O)OCC1c3ccccc3-c3ccccc31)CC2. The van der Waals surface area contributed by atoms with E-state index in [2.05, 4.69) is 24.3 Å². The number of ether oxygens (including phenoxy) is 2. The molecule has 1 N–H and O–H groups in total. The Kier molecular flexibility index (Phi) is 5.08. The van der Waals surface area contributed by atoms with Crippen molar-refractivity contribution in [2.75, 3.05) is 20.8 Å². The van der Waals surface area contributed by atoms with Crippen LogP contribution in [0.5, 0.6) is 5.75 Å². The Morgan fingerprint density at radius 1 is 1.03 bits per heavy atom. The van der Waals surface area contributed by atoms with Crippen LogP contribution < -0.4 is 4.74 Å². The monoisotopic (exact) mass is 443 g/mol. The van der Waals surface area contributed by atoms with Crippen LogP contribution in [0.1, 0.15) is 34.6 Å². The maximum absolute atomic E-state index is 13.2. The molecule has 0 heterocycles. The summed E-state index contributed by atoms with van der Waals surface area (Å²) >= 11 is 0. The molecule has 5 rings (SSSR count). The molecule has 0 bridgehead atoms. The highest BCUT2D eigenvalue weighted by Gasteiger charge is 2.51. The highest BCUT2D eigenvalue weighted by atomic mass is 16.6. The number of fused-ring (bicyclic) bond motifs is 4. The maximum atomic E-state index is 13.2. The van der Waals surface area contributed by atoms with Crippen molar-refractivity contribution in [3.8, 4) is 16.9 Å². The van der Waals surface area contributed by atoms with E-state index in [1.807, 2.05) is 36.4 Å². The van der Waals surface area contributed by atoms with Gasteiger partial charge in [-0.15, -0.1) is 0 Å². The first kappa shape index (κ1) is 21.1. The quantitative estimate of drug-likeness (QED) is 0.613. The lowest BCUT2D eigenvalue weighted by atomic mass is 9.90. The summed E-state index contributed by atoms with van der Waals surface area (Å²) in [6.07, 6.45) is 0.188. The molecule has 3 aromatic carbocycles. The molecule has 0 saturated heterocycles. The third-order valence-electron chi connectivity index (χ3n) is 7.06. The van der Waals surface area contributed by atoms with Crippen LogP contribution in [0.4, 0.5) is 4.79 Å². The molecule has 0 radical (unpaired) electrons. The van der Waals surface area contributed by atoms with Crippen molar-refractivity contribution < 1.29 is 24.2 Å². The van der Waals surface area contributed by atoms with E-state index in [1.54, 1.807) is 6.07 Å². The van der Waals surface area contributed by atoms with Gasteiger partial charge in [-0.25, -0.2) is 9.59 Å². The van der Waals surface area contributed by atoms with E-state index >= 15 is 0 Å². The van der Waals surface area contributed by atoms with Gasteiger partial charge in [0.05, 0.1) is 7.11 Å². The largest absolute Gasteiger partial charge is 0.497 e. The molecule has 6 heteroatoms. The summed E-state index contributed by atoms with van der Waals surface area (Å²) in [7, 11) is 3.04. The van der Waals surface area contributed by atoms with E-state index in [0.29, 0.717) is 17.7 Å². The number of hydrogen-bond acceptors (Lipinski definition) is 4. The molecular formula is C27H25NO5. The lowest BCUT2D eigenvalue weighted by Crippen LogP contribution is -2.51. The van der Waals surface area contributed by atoms with Crippen LogP contribution in [-0.2, 0) is 21.5 Å². The average Bonchev–Trinajstić information content (AvgIpc) is 3.38. The van der Waals surface area contributed by atoms with E-state index in [1.165, 1.54) is 19.1 Å². The van der Waals surface area contributed by atoms with Crippen LogP contribution in [0.2, 0.25) is 0 Å². The molecule has 2 aliphatic carbocycles. The Bertz CT molecular complexity index is 1210. The predicted molar refractivity (Wildman–Crippen MR) is 123 cm³/mol. The molecule has 3 aromatic rings. The molecule has 1 unspecified atom stereocenters. The number of aryl methyl sites for hydroxylation is 1. The minimum Gasteiger partial charge on any atom is -0.497 e. The van der Waals surface area contributed by atoms with Crippen LogP contribution >= 0.6 is 0 Å². The van der Waals surface area contributed by atoms with Gasteiger partial charge in [0, 0.05) is 13.0 Å². The lowest BCUT2D eigenvalue weighted by Gasteiger charge is -2.35. The summed E-state index contributed by atoms with van der Waals surface area (Å²) < 4.78 is 11.1. The first-order valence-electron chi connectivity index (χ1n) is 11.0. The van der Waals surface area contributed by atoms with Gasteiger partial charge in [-0.3, -0.25) is 4.90 Å². The van der Waals surface area contributed by atoms with Crippen molar-refractivity contribution in [1.29, 1.82) is 0 Å². The van der Waals surface area contributed by atoms with E-state index in [4.69, 9.17) is 9.47 Å². The number of nitrogens with zero attached hydrogens (tertiary/aromatic N) is 1. The summed E-state index contributed by atoms with van der Waals surface area (Å²) in [6.45, 7) is 0.137. The number of likely N-dealkylation sites (N-methyl/N-ethyl adjacent to an activating group) is 1. The first-order valence-corrected chi connectivity index (χ1v) is 11.0. The first-order chi connectivity index (χ1) is 16.0. The summed E-state index contributed by atoms with van der Waals surface area (Å²) in [5.41, 5.74) is 4.48. The standard InChI is InChI=1S/C27H25NO5/c1-28(27(25(29)30)14-13-17-11-12-18(32-2)15-24(17)27)26(31)33-16-23-21-9-5-3-7-19(21)20-8-4-6-10-22(20)23/h3-12,15,23H,13-14,16H2,1-2H3,(H,29,30). The third kappa shape index (κ3) is 3.17. The van der Waals surface area contributed by atoms with Crippen molar-refractivity contribution in [1.82, 2.24) is 4.90 Å². The number of aliphatic carboxylic acids is 1. The van der Waals surface area contributed by atoms with Crippen molar-refractivity contribution in [3.05, 3.63) is 89.0 Å². The highest BCUT2D eigenvalue weighted by molar-refractivity contribution is 5.87. The van der Waals surface area contributed by atoms with Gasteiger partial charge in [0.2, 0.25) is 0 Å². The summed E-state index contributed by atoms with van der Waals surface area (Å²) in [4.78, 5) is 27.0. The molecule has 168 valence electrons. The number of methoxy groups -OCH3 is 1. The van der Waals surface area contributed by atoms with Crippen LogP contribution in [0.25, 0.3) is 11.1 Å². The van der Waals surface area contributed by atoms with Crippen molar-refractivity contribution >= 4 is 12.1 Å². The number of amides is 1. The van der Waals surface area contributed by atoms with Gasteiger partial charge in [0.15, 0.2) is 5.54 Å². The average molecular weight is 443 g/mol. The normalized spacial score (nSPS) is 18.2. The third-order valence-corrected chi connectivity index (χ3v) is 7.06. The molecule has 0 aliphatic heterocycles. The molecule has 2 aliphatic rings. The number of carbonyl (C=O) groups excluding carboxylic acids is 1. The molecule has 1 amide bonds. The van der Waals surface area contributed by atoms with Gasteiger partial charge < -0.3 is 14.6 Å². The van der Waals surface area contributed by atoms with Crippen LogP contribution in [0.3, 0.4) is 0 Å². The summed E-state index contributed by atoms with van der Waals surface area (Å²) in [6, 6.07) is 21.6. The Labute approximate surface area is 192 Å². The fourth-order valence-electron chi connectivity index (χ4n) is 5.30. The van der Waals surface area contributed by atoms with Gasteiger partial charge in [0.25, 0.3) is 0 Å². The van der Waals surface area contributed by atoms with Crippen molar-refractivity contribution in [3.63, 3.8) is 0 Å². The summed E-state index contributed by atoms with van der Waals surface area (Å²) in [5, 5.41) is 10.2. The molecule has 33 heavy (non-hydrogen) atoms. The molecular weight excluding hydrogens is 418 g/mol. The molecule has 0 spiro atoms. The van der Waals surface area contributed by atoms with Crippen molar-refractivity contribution in [2.24, 2.45) is 0 Å². The number of hydrogen-bond donors (Lipinski definition) is 1. The van der Waals surface area contributed by atoms with Crippen LogP contribution in [0.15, 0.2) is 66.7 Å². The second kappa shape index (κ2) is 7.96. The zero-order valence-electron chi connectivity index (χ0n) is 18.6. The van der Waals surface area contributed by atoms with Crippen LogP contribution in [-0.4, -0.2) is 42.8 Å². The Hall–Kier alpha value is -3.80. The zero-order chi connectivity index (χ0) is 23.2. The number of carboxylic acids is 1. The van der Waals surface area contributed by atoms with Crippen LogP contribution in [0, 0.1) is 0 Å². The fourth-order valence-corrected chi connectivity index (χ4v) is 5.30. The Morgan fingerprint density at radius 3 is 2.27 bits per heavy atom. The minimum atomic E-state index is -1.49. The molecule has 0 fully saturated rings. The molecule has 0 aromatic heterocycles. The molecule has 6 nitrogen and oxygen atoms in total. The number of benzene rings is 3. The second-order valence-corrected chi connectivity index (χ2v) is 8.55. The van der Waals surface area contributed by atoms with Crippen molar-refractivity contribution in [2.45, 2.75) is 24.3 Å².